The van der Waals surface area contributed by atoms with E-state index in [4.69, 9.17) is 4.98 Å². The number of imidazole rings is 1. The fraction of sp³-hybridized carbons (Fsp3) is 0.346. The van der Waals surface area contributed by atoms with Gasteiger partial charge in [-0.2, -0.15) is 0 Å². The van der Waals surface area contributed by atoms with Crippen LogP contribution in [0.25, 0.3) is 11.4 Å². The van der Waals surface area contributed by atoms with Crippen LogP contribution in [0.5, 0.6) is 0 Å². The number of carbonyl (C=O) groups is 2. The molecular weight excluding hydrogens is 435 g/mol. The monoisotopic (exact) mass is 466 g/mol. The average Bonchev–Trinajstić information content (AvgIpc) is 3.21. The molecule has 1 aromatic heterocycles. The van der Waals surface area contributed by atoms with Crippen LogP contribution in [0.15, 0.2) is 48.5 Å². The van der Waals surface area contributed by atoms with Crippen LogP contribution in [0.2, 0.25) is 0 Å². The molecule has 0 unspecified atom stereocenters. The van der Waals surface area contributed by atoms with E-state index in [1.165, 1.54) is 21.9 Å². The predicted octanol–water partition coefficient (Wildman–Crippen LogP) is 3.91. The number of aliphatic hydroxyl groups excluding tert-OH is 1. The summed E-state index contributed by atoms with van der Waals surface area (Å²) in [6.07, 6.45) is 1.04. The fourth-order valence-corrected chi connectivity index (χ4v) is 3.72. The van der Waals surface area contributed by atoms with Crippen LogP contribution >= 0.6 is 0 Å². The Kier molecular flexibility index (Phi) is 8.17. The van der Waals surface area contributed by atoms with Gasteiger partial charge in [0.05, 0.1) is 0 Å². The molecule has 3 aromatic rings. The second kappa shape index (κ2) is 11.1. The molecule has 1 N–H and O–H groups in total. The second-order valence-corrected chi connectivity index (χ2v) is 8.62. The molecule has 180 valence electrons. The Morgan fingerprint density at radius 3 is 2.50 bits per heavy atom. The van der Waals surface area contributed by atoms with Gasteiger partial charge in [-0.05, 0) is 41.7 Å². The molecule has 7 nitrogen and oxygen atoms in total. The van der Waals surface area contributed by atoms with Gasteiger partial charge in [-0.15, -0.1) is 0 Å². The van der Waals surface area contributed by atoms with Gasteiger partial charge in [0.15, 0.2) is 11.5 Å². The molecule has 3 rings (SSSR count). The van der Waals surface area contributed by atoms with Crippen molar-refractivity contribution in [3.63, 3.8) is 0 Å². The molecule has 0 aliphatic heterocycles. The summed E-state index contributed by atoms with van der Waals surface area (Å²) in [5.41, 5.74) is 2.97. The first-order chi connectivity index (χ1) is 16.3. The highest BCUT2D eigenvalue weighted by atomic mass is 19.1. The number of anilines is 1. The molecule has 0 radical (unpaired) electrons. The minimum Gasteiger partial charge on any atom is -0.396 e. The summed E-state index contributed by atoms with van der Waals surface area (Å²) in [7, 11) is 3.20. The Hall–Kier alpha value is -3.52. The van der Waals surface area contributed by atoms with Crippen molar-refractivity contribution >= 4 is 18.1 Å². The molecule has 2 aromatic carbocycles. The number of rotatable bonds is 10. The number of aliphatic hydroxyl groups is 1. The van der Waals surface area contributed by atoms with E-state index in [-0.39, 0.29) is 36.4 Å². The van der Waals surface area contributed by atoms with Crippen molar-refractivity contribution in [1.82, 2.24) is 14.5 Å². The maximum atomic E-state index is 13.6. The first-order valence-corrected chi connectivity index (χ1v) is 11.3. The summed E-state index contributed by atoms with van der Waals surface area (Å²) < 4.78 is 15.3. The van der Waals surface area contributed by atoms with Crippen molar-refractivity contribution in [2.45, 2.75) is 32.7 Å². The molecule has 0 spiro atoms. The summed E-state index contributed by atoms with van der Waals surface area (Å²) in [5, 5.41) is 9.20. The Morgan fingerprint density at radius 1 is 1.18 bits per heavy atom. The van der Waals surface area contributed by atoms with Crippen LogP contribution in [0.3, 0.4) is 0 Å². The van der Waals surface area contributed by atoms with Crippen LogP contribution in [0, 0.1) is 5.82 Å². The van der Waals surface area contributed by atoms with Crippen molar-refractivity contribution < 1.29 is 19.1 Å². The van der Waals surface area contributed by atoms with Gasteiger partial charge in [0.25, 0.3) is 5.91 Å². The third kappa shape index (κ3) is 5.51. The number of carbonyl (C=O) groups excluding carboxylic acids is 2. The number of amides is 2. The lowest BCUT2D eigenvalue weighted by Crippen LogP contribution is -2.32. The van der Waals surface area contributed by atoms with E-state index in [2.05, 4.69) is 13.8 Å². The molecule has 0 bridgehead atoms. The maximum absolute atomic E-state index is 13.6. The maximum Gasteiger partial charge on any atom is 0.274 e. The van der Waals surface area contributed by atoms with E-state index in [1.807, 2.05) is 24.3 Å². The highest BCUT2D eigenvalue weighted by molar-refractivity contribution is 6.00. The molecule has 0 atom stereocenters. The van der Waals surface area contributed by atoms with Crippen molar-refractivity contribution in [1.29, 1.82) is 0 Å². The quantitative estimate of drug-likeness (QED) is 0.460. The number of hydrogen-bond donors (Lipinski definition) is 1. The lowest BCUT2D eigenvalue weighted by Gasteiger charge is -2.20. The fourth-order valence-electron chi connectivity index (χ4n) is 3.72. The van der Waals surface area contributed by atoms with Crippen LogP contribution in [0.4, 0.5) is 10.2 Å². The molecule has 0 fully saturated rings. The Bertz CT molecular complexity index is 1140. The van der Waals surface area contributed by atoms with E-state index in [9.17, 15) is 19.1 Å². The number of halogens is 1. The largest absolute Gasteiger partial charge is 0.396 e. The van der Waals surface area contributed by atoms with E-state index in [1.54, 1.807) is 30.8 Å². The third-order valence-corrected chi connectivity index (χ3v) is 5.71. The first-order valence-electron chi connectivity index (χ1n) is 11.3. The van der Waals surface area contributed by atoms with Crippen molar-refractivity contribution in [3.05, 3.63) is 71.2 Å². The van der Waals surface area contributed by atoms with Crippen molar-refractivity contribution in [2.75, 3.05) is 32.1 Å². The number of aromatic nitrogens is 2. The van der Waals surface area contributed by atoms with Gasteiger partial charge in [0.1, 0.15) is 11.6 Å². The summed E-state index contributed by atoms with van der Waals surface area (Å²) >= 11 is 0. The summed E-state index contributed by atoms with van der Waals surface area (Å²) in [4.78, 5) is 32.8. The number of hydrogen-bond acceptors (Lipinski definition) is 4. The van der Waals surface area contributed by atoms with Gasteiger partial charge in [-0.3, -0.25) is 9.59 Å². The molecule has 1 heterocycles. The van der Waals surface area contributed by atoms with E-state index >= 15 is 0 Å². The standard InChI is InChI=1S/C26H31FN4O3/c1-18(2)20-7-5-8-21(15-20)24-28-25(30(4)17-33)23(26(34)29(3)13-6-14-32)31(24)16-19-9-11-22(27)12-10-19/h5,7-12,15,17-18,32H,6,13-14,16H2,1-4H3. The minimum atomic E-state index is -0.347. The highest BCUT2D eigenvalue weighted by Gasteiger charge is 2.28. The molecule has 0 saturated carbocycles. The van der Waals surface area contributed by atoms with Gasteiger partial charge in [0.2, 0.25) is 6.41 Å². The summed E-state index contributed by atoms with van der Waals surface area (Å²) in [6, 6.07) is 14.0. The van der Waals surface area contributed by atoms with Crippen molar-refractivity contribution in [3.8, 4) is 11.4 Å². The zero-order valence-electron chi connectivity index (χ0n) is 20.0. The minimum absolute atomic E-state index is 0.0409. The van der Waals surface area contributed by atoms with Gasteiger partial charge >= 0.3 is 0 Å². The van der Waals surface area contributed by atoms with Gasteiger partial charge in [0, 0.05) is 39.4 Å². The topological polar surface area (TPSA) is 78.7 Å². The van der Waals surface area contributed by atoms with Gasteiger partial charge in [-0.1, -0.05) is 44.2 Å². The SMILES string of the molecule is CC(C)c1cccc(-c2nc(N(C)C=O)c(C(=O)N(C)CCCO)n2Cc2ccc(F)cc2)c1. The molecule has 0 aliphatic carbocycles. The summed E-state index contributed by atoms with van der Waals surface area (Å²) in [5.74, 6) is 0.402. The van der Waals surface area contributed by atoms with Crippen LogP contribution in [-0.4, -0.2) is 59.1 Å². The molecule has 34 heavy (non-hydrogen) atoms. The Morgan fingerprint density at radius 2 is 1.88 bits per heavy atom. The first kappa shape index (κ1) is 25.1. The summed E-state index contributed by atoms with van der Waals surface area (Å²) in [6.45, 7) is 4.76. The number of nitrogens with zero attached hydrogens (tertiary/aromatic N) is 4. The highest BCUT2D eigenvalue weighted by Crippen LogP contribution is 2.31. The Labute approximate surface area is 199 Å². The average molecular weight is 467 g/mol. The zero-order valence-corrected chi connectivity index (χ0v) is 20.0. The molecule has 0 aliphatic rings. The van der Waals surface area contributed by atoms with E-state index in [0.29, 0.717) is 31.1 Å². The lowest BCUT2D eigenvalue weighted by atomic mass is 10.0. The van der Waals surface area contributed by atoms with E-state index in [0.717, 1.165) is 16.7 Å². The molecule has 8 heteroatoms. The smallest absolute Gasteiger partial charge is 0.274 e. The van der Waals surface area contributed by atoms with Gasteiger partial charge < -0.3 is 19.5 Å². The van der Waals surface area contributed by atoms with E-state index < -0.39 is 0 Å². The number of benzene rings is 2. The van der Waals surface area contributed by atoms with Crippen LogP contribution in [-0.2, 0) is 11.3 Å². The molecular formula is C26H31FN4O3. The molecule has 2 amide bonds. The zero-order chi connectivity index (χ0) is 24.8. The Balaban J connectivity index is 2.23. The second-order valence-electron chi connectivity index (χ2n) is 8.62. The van der Waals surface area contributed by atoms with Gasteiger partial charge in [-0.25, -0.2) is 9.37 Å². The normalized spacial score (nSPS) is 11.0. The van der Waals surface area contributed by atoms with Crippen molar-refractivity contribution in [2.24, 2.45) is 0 Å². The van der Waals surface area contributed by atoms with Crippen LogP contribution in [0.1, 0.15) is 47.8 Å². The third-order valence-electron chi connectivity index (χ3n) is 5.71. The van der Waals surface area contributed by atoms with Crippen LogP contribution < -0.4 is 4.90 Å². The predicted molar refractivity (Wildman–Crippen MR) is 130 cm³/mol. The molecule has 0 saturated heterocycles. The lowest BCUT2D eigenvalue weighted by molar-refractivity contribution is -0.107.